The maximum absolute atomic E-state index is 11.5. The van der Waals surface area contributed by atoms with E-state index < -0.39 is 11.8 Å². The van der Waals surface area contributed by atoms with Crippen molar-refractivity contribution in [3.8, 4) is 5.75 Å². The Kier molecular flexibility index (Phi) is 3.84. The van der Waals surface area contributed by atoms with Crippen LogP contribution < -0.4 is 11.1 Å². The number of Topliss-reactive ketones (excluding diaryl/α,β-unsaturated/α-hetero) is 1. The molecule has 0 radical (unpaired) electrons. The van der Waals surface area contributed by atoms with Crippen LogP contribution in [-0.2, 0) is 4.79 Å². The fourth-order valence-electron chi connectivity index (χ4n) is 1.16. The van der Waals surface area contributed by atoms with E-state index in [0.29, 0.717) is 0 Å². The van der Waals surface area contributed by atoms with Crippen molar-refractivity contribution in [1.29, 1.82) is 0 Å². The SMILES string of the molecule is Nc1cccc(C(=O)CNCC(=O)O)c1O. The Hall–Kier alpha value is -2.08. The van der Waals surface area contributed by atoms with Gasteiger partial charge in [0, 0.05) is 0 Å². The van der Waals surface area contributed by atoms with Crippen LogP contribution in [0.2, 0.25) is 0 Å². The minimum Gasteiger partial charge on any atom is -0.505 e. The van der Waals surface area contributed by atoms with E-state index in [1.807, 2.05) is 0 Å². The number of nitrogens with one attached hydrogen (secondary N) is 1. The number of carboxylic acids is 1. The quantitative estimate of drug-likeness (QED) is 0.314. The van der Waals surface area contributed by atoms with E-state index in [1.54, 1.807) is 6.07 Å². The number of benzene rings is 1. The molecular formula is C10H12N2O4. The number of para-hydroxylation sites is 1. The second kappa shape index (κ2) is 5.13. The smallest absolute Gasteiger partial charge is 0.317 e. The fourth-order valence-corrected chi connectivity index (χ4v) is 1.16. The maximum atomic E-state index is 11.5. The molecule has 0 spiro atoms. The standard InChI is InChI=1S/C10H12N2O4/c11-7-3-1-2-6(10(7)16)8(13)4-12-5-9(14)15/h1-3,12,16H,4-5,11H2,(H,14,15). The van der Waals surface area contributed by atoms with Gasteiger partial charge in [0.15, 0.2) is 5.78 Å². The van der Waals surface area contributed by atoms with Crippen LogP contribution in [0.5, 0.6) is 5.75 Å². The van der Waals surface area contributed by atoms with Gasteiger partial charge in [-0.15, -0.1) is 0 Å². The first-order chi connectivity index (χ1) is 7.52. The Balaban J connectivity index is 2.66. The molecule has 0 aliphatic rings. The number of carbonyl (C=O) groups excluding carboxylic acids is 1. The molecule has 0 unspecified atom stereocenters. The molecule has 1 aromatic rings. The molecular weight excluding hydrogens is 212 g/mol. The summed E-state index contributed by atoms with van der Waals surface area (Å²) in [5.74, 6) is -1.74. The lowest BCUT2D eigenvalue weighted by atomic mass is 10.1. The summed E-state index contributed by atoms with van der Waals surface area (Å²) in [4.78, 5) is 21.7. The van der Waals surface area contributed by atoms with Crippen LogP contribution in [0.1, 0.15) is 10.4 Å². The highest BCUT2D eigenvalue weighted by atomic mass is 16.4. The molecule has 6 nitrogen and oxygen atoms in total. The Labute approximate surface area is 91.7 Å². The predicted molar refractivity (Wildman–Crippen MR) is 57.4 cm³/mol. The molecule has 5 N–H and O–H groups in total. The van der Waals surface area contributed by atoms with Crippen LogP contribution >= 0.6 is 0 Å². The van der Waals surface area contributed by atoms with E-state index >= 15 is 0 Å². The number of aromatic hydroxyl groups is 1. The summed E-state index contributed by atoms with van der Waals surface area (Å²) in [5, 5.41) is 20.3. The molecule has 0 aliphatic heterocycles. The molecule has 1 aromatic carbocycles. The second-order valence-electron chi connectivity index (χ2n) is 3.16. The zero-order valence-corrected chi connectivity index (χ0v) is 8.43. The molecule has 0 saturated carbocycles. The monoisotopic (exact) mass is 224 g/mol. The normalized spacial score (nSPS) is 10.0. The van der Waals surface area contributed by atoms with Gasteiger partial charge in [-0.3, -0.25) is 14.9 Å². The average molecular weight is 224 g/mol. The number of hydrogen-bond donors (Lipinski definition) is 4. The Morgan fingerprint density at radius 1 is 1.31 bits per heavy atom. The number of carbonyl (C=O) groups is 2. The zero-order valence-electron chi connectivity index (χ0n) is 8.43. The lowest BCUT2D eigenvalue weighted by molar-refractivity contribution is -0.135. The summed E-state index contributed by atoms with van der Waals surface area (Å²) in [5.41, 5.74) is 5.61. The van der Waals surface area contributed by atoms with Gasteiger partial charge in [0.1, 0.15) is 5.75 Å². The predicted octanol–water partition coefficient (Wildman–Crippen LogP) is -0.169. The van der Waals surface area contributed by atoms with Gasteiger partial charge in [-0.2, -0.15) is 0 Å². The third-order valence-corrected chi connectivity index (χ3v) is 1.93. The molecule has 16 heavy (non-hydrogen) atoms. The Morgan fingerprint density at radius 3 is 2.62 bits per heavy atom. The molecule has 0 aliphatic carbocycles. The number of anilines is 1. The van der Waals surface area contributed by atoms with Gasteiger partial charge in [-0.1, -0.05) is 6.07 Å². The lowest BCUT2D eigenvalue weighted by Gasteiger charge is -2.05. The Bertz CT molecular complexity index is 417. The van der Waals surface area contributed by atoms with Crippen molar-refractivity contribution >= 4 is 17.4 Å². The summed E-state index contributed by atoms with van der Waals surface area (Å²) in [6, 6.07) is 4.44. The van der Waals surface area contributed by atoms with E-state index in [1.165, 1.54) is 12.1 Å². The van der Waals surface area contributed by atoms with E-state index in [-0.39, 0.29) is 30.1 Å². The number of aliphatic carboxylic acids is 1. The number of phenolic OH excluding ortho intramolecular Hbond substituents is 1. The third-order valence-electron chi connectivity index (χ3n) is 1.93. The van der Waals surface area contributed by atoms with E-state index in [4.69, 9.17) is 10.8 Å². The van der Waals surface area contributed by atoms with Gasteiger partial charge < -0.3 is 15.9 Å². The highest BCUT2D eigenvalue weighted by molar-refractivity contribution is 6.01. The highest BCUT2D eigenvalue weighted by Gasteiger charge is 2.12. The lowest BCUT2D eigenvalue weighted by Crippen LogP contribution is -2.28. The van der Waals surface area contributed by atoms with Crippen LogP contribution in [0.3, 0.4) is 0 Å². The highest BCUT2D eigenvalue weighted by Crippen LogP contribution is 2.24. The van der Waals surface area contributed by atoms with Crippen molar-refractivity contribution in [1.82, 2.24) is 5.32 Å². The van der Waals surface area contributed by atoms with Crippen LogP contribution in [0.15, 0.2) is 18.2 Å². The number of nitrogens with two attached hydrogens (primary N) is 1. The summed E-state index contributed by atoms with van der Waals surface area (Å²) in [7, 11) is 0. The summed E-state index contributed by atoms with van der Waals surface area (Å²) in [6.07, 6.45) is 0. The van der Waals surface area contributed by atoms with Gasteiger partial charge in [0.25, 0.3) is 0 Å². The van der Waals surface area contributed by atoms with Crippen molar-refractivity contribution in [3.05, 3.63) is 23.8 Å². The number of hydrogen-bond acceptors (Lipinski definition) is 5. The largest absolute Gasteiger partial charge is 0.505 e. The number of carboxylic acid groups (broad SMARTS) is 1. The average Bonchev–Trinajstić information content (AvgIpc) is 2.21. The first-order valence-electron chi connectivity index (χ1n) is 4.55. The van der Waals surface area contributed by atoms with Crippen LogP contribution in [0.4, 0.5) is 5.69 Å². The molecule has 0 bridgehead atoms. The minimum atomic E-state index is -1.05. The van der Waals surface area contributed by atoms with Crippen molar-refractivity contribution in [2.75, 3.05) is 18.8 Å². The van der Waals surface area contributed by atoms with E-state index in [9.17, 15) is 14.7 Å². The third kappa shape index (κ3) is 2.96. The molecule has 6 heteroatoms. The first kappa shape index (κ1) is 12.0. The number of nitrogen functional groups attached to an aromatic ring is 1. The van der Waals surface area contributed by atoms with Crippen LogP contribution in [-0.4, -0.2) is 35.1 Å². The number of rotatable bonds is 5. The van der Waals surface area contributed by atoms with Crippen molar-refractivity contribution < 1.29 is 19.8 Å². The molecule has 0 fully saturated rings. The minimum absolute atomic E-state index is 0.0814. The van der Waals surface area contributed by atoms with Crippen LogP contribution in [0, 0.1) is 0 Å². The van der Waals surface area contributed by atoms with Gasteiger partial charge in [-0.05, 0) is 12.1 Å². The van der Waals surface area contributed by atoms with Gasteiger partial charge in [0.2, 0.25) is 0 Å². The van der Waals surface area contributed by atoms with Gasteiger partial charge >= 0.3 is 5.97 Å². The molecule has 0 atom stereocenters. The number of ketones is 1. The Morgan fingerprint density at radius 2 is 2.00 bits per heavy atom. The molecule has 0 heterocycles. The van der Waals surface area contributed by atoms with Crippen molar-refractivity contribution in [2.24, 2.45) is 0 Å². The van der Waals surface area contributed by atoms with Gasteiger partial charge in [0.05, 0.1) is 24.3 Å². The van der Waals surface area contributed by atoms with Crippen molar-refractivity contribution in [3.63, 3.8) is 0 Å². The zero-order chi connectivity index (χ0) is 12.1. The molecule has 86 valence electrons. The molecule has 1 rings (SSSR count). The summed E-state index contributed by atoms with van der Waals surface area (Å²) in [6.45, 7) is -0.474. The molecule has 0 amide bonds. The van der Waals surface area contributed by atoms with Crippen LogP contribution in [0.25, 0.3) is 0 Å². The van der Waals surface area contributed by atoms with E-state index in [2.05, 4.69) is 5.32 Å². The maximum Gasteiger partial charge on any atom is 0.317 e. The number of phenols is 1. The molecule has 0 saturated heterocycles. The first-order valence-corrected chi connectivity index (χ1v) is 4.55. The van der Waals surface area contributed by atoms with Gasteiger partial charge in [-0.25, -0.2) is 0 Å². The summed E-state index contributed by atoms with van der Waals surface area (Å²) < 4.78 is 0. The van der Waals surface area contributed by atoms with Crippen molar-refractivity contribution in [2.45, 2.75) is 0 Å². The summed E-state index contributed by atoms with van der Waals surface area (Å²) >= 11 is 0. The molecule has 0 aromatic heterocycles. The fraction of sp³-hybridized carbons (Fsp3) is 0.200. The van der Waals surface area contributed by atoms with E-state index in [0.717, 1.165) is 0 Å². The topological polar surface area (TPSA) is 113 Å². The second-order valence-corrected chi connectivity index (χ2v) is 3.16.